The van der Waals surface area contributed by atoms with Crippen molar-refractivity contribution in [3.05, 3.63) is 54.5 Å². The topological polar surface area (TPSA) is 63.0 Å². The average molecular weight is 306 g/mol. The van der Waals surface area contributed by atoms with Crippen LogP contribution in [0.2, 0.25) is 0 Å². The summed E-state index contributed by atoms with van der Waals surface area (Å²) < 4.78 is 1.80. The van der Waals surface area contributed by atoms with Crippen molar-refractivity contribution < 1.29 is 5.11 Å². The smallest absolute Gasteiger partial charge is 0.100 e. The Morgan fingerprint density at radius 3 is 2.83 bits per heavy atom. The Morgan fingerprint density at radius 2 is 2.00 bits per heavy atom. The first-order chi connectivity index (χ1) is 11.3. The van der Waals surface area contributed by atoms with E-state index in [1.165, 1.54) is 11.3 Å². The molecule has 0 radical (unpaired) electrons. The van der Waals surface area contributed by atoms with E-state index in [1.807, 2.05) is 18.3 Å². The number of rotatable bonds is 4. The van der Waals surface area contributed by atoms with Crippen molar-refractivity contribution in [3.8, 4) is 22.4 Å². The molecule has 1 aliphatic rings. The molecule has 0 saturated carbocycles. The van der Waals surface area contributed by atoms with Gasteiger partial charge in [0.2, 0.25) is 0 Å². The Bertz CT molecular complexity index is 826. The van der Waals surface area contributed by atoms with E-state index in [0.717, 1.165) is 35.3 Å². The Labute approximate surface area is 134 Å². The Hall–Kier alpha value is -2.66. The van der Waals surface area contributed by atoms with Crippen LogP contribution < -0.4 is 5.32 Å². The highest BCUT2D eigenvalue weighted by Gasteiger charge is 2.16. The molecule has 3 heterocycles. The second kappa shape index (κ2) is 5.85. The van der Waals surface area contributed by atoms with Crippen molar-refractivity contribution >= 4 is 5.69 Å². The molecule has 23 heavy (non-hydrogen) atoms. The molecule has 0 amide bonds. The first-order valence-electron chi connectivity index (χ1n) is 7.81. The molecule has 0 aliphatic carbocycles. The Kier molecular flexibility index (Phi) is 3.55. The zero-order chi connectivity index (χ0) is 15.6. The third-order valence-corrected chi connectivity index (χ3v) is 4.17. The summed E-state index contributed by atoms with van der Waals surface area (Å²) in [5.41, 5.74) is 6.76. The maximum absolute atomic E-state index is 9.21. The van der Waals surface area contributed by atoms with Crippen LogP contribution in [0.3, 0.4) is 0 Å². The first-order valence-corrected chi connectivity index (χ1v) is 7.81. The van der Waals surface area contributed by atoms with E-state index in [2.05, 4.69) is 33.6 Å². The maximum atomic E-state index is 9.21. The first kappa shape index (κ1) is 14.0. The van der Waals surface area contributed by atoms with Crippen LogP contribution in [0, 0.1) is 0 Å². The number of anilines is 1. The molecule has 0 atom stereocenters. The van der Waals surface area contributed by atoms with Crippen molar-refractivity contribution in [3.63, 3.8) is 0 Å². The summed E-state index contributed by atoms with van der Waals surface area (Å²) in [6, 6.07) is 10.4. The van der Waals surface area contributed by atoms with Gasteiger partial charge in [-0.15, -0.1) is 0 Å². The van der Waals surface area contributed by atoms with Crippen LogP contribution in [-0.4, -0.2) is 33.0 Å². The summed E-state index contributed by atoms with van der Waals surface area (Å²) in [6.45, 7) is 1.56. The summed E-state index contributed by atoms with van der Waals surface area (Å²) in [7, 11) is 0. The van der Waals surface area contributed by atoms with Crippen LogP contribution in [0.25, 0.3) is 22.4 Å². The predicted octanol–water partition coefficient (Wildman–Crippen LogP) is 2.57. The van der Waals surface area contributed by atoms with Crippen molar-refractivity contribution in [2.24, 2.45) is 0 Å². The lowest BCUT2D eigenvalue weighted by molar-refractivity contribution is 0.269. The molecule has 5 heteroatoms. The van der Waals surface area contributed by atoms with E-state index in [-0.39, 0.29) is 6.61 Å². The van der Waals surface area contributed by atoms with Gasteiger partial charge in [-0.25, -0.2) is 0 Å². The van der Waals surface area contributed by atoms with Gasteiger partial charge in [-0.2, -0.15) is 5.10 Å². The largest absolute Gasteiger partial charge is 0.394 e. The number of nitrogens with one attached hydrogen (secondary N) is 1. The van der Waals surface area contributed by atoms with Gasteiger partial charge in [-0.3, -0.25) is 9.67 Å². The highest BCUT2D eigenvalue weighted by atomic mass is 16.3. The molecule has 0 unspecified atom stereocenters. The number of nitrogens with zero attached hydrogens (tertiary/aromatic N) is 3. The van der Waals surface area contributed by atoms with Gasteiger partial charge in [0, 0.05) is 41.9 Å². The van der Waals surface area contributed by atoms with E-state index in [0.29, 0.717) is 6.54 Å². The molecule has 0 spiro atoms. The zero-order valence-electron chi connectivity index (χ0n) is 12.7. The lowest BCUT2D eigenvalue weighted by atomic mass is 10.00. The summed E-state index contributed by atoms with van der Waals surface area (Å²) in [5, 5.41) is 17.3. The number of hydrogen-bond acceptors (Lipinski definition) is 4. The van der Waals surface area contributed by atoms with Gasteiger partial charge in [0.05, 0.1) is 13.2 Å². The second-order valence-corrected chi connectivity index (χ2v) is 5.66. The predicted molar refractivity (Wildman–Crippen MR) is 90.2 cm³/mol. The Balaban J connectivity index is 1.83. The summed E-state index contributed by atoms with van der Waals surface area (Å²) >= 11 is 0. The molecular weight excluding hydrogens is 288 g/mol. The van der Waals surface area contributed by atoms with Crippen LogP contribution in [0.4, 0.5) is 5.69 Å². The average Bonchev–Trinajstić information content (AvgIpc) is 3.22. The molecule has 1 aromatic carbocycles. The van der Waals surface area contributed by atoms with E-state index in [4.69, 9.17) is 0 Å². The lowest BCUT2D eigenvalue weighted by Crippen LogP contribution is -2.02. The maximum Gasteiger partial charge on any atom is 0.100 e. The summed E-state index contributed by atoms with van der Waals surface area (Å²) in [6.07, 6.45) is 6.61. The number of fused-ring (bicyclic) bond motifs is 1. The van der Waals surface area contributed by atoms with E-state index >= 15 is 0 Å². The monoisotopic (exact) mass is 306 g/mol. The molecule has 2 N–H and O–H groups in total. The van der Waals surface area contributed by atoms with Crippen LogP contribution in [-0.2, 0) is 13.0 Å². The fourth-order valence-electron chi connectivity index (χ4n) is 3.05. The summed E-state index contributed by atoms with van der Waals surface area (Å²) in [4.78, 5) is 4.08. The van der Waals surface area contributed by atoms with Gasteiger partial charge in [0.1, 0.15) is 5.69 Å². The third kappa shape index (κ3) is 2.59. The number of hydrogen-bond donors (Lipinski definition) is 2. The minimum absolute atomic E-state index is 0.0744. The molecule has 116 valence electrons. The summed E-state index contributed by atoms with van der Waals surface area (Å²) in [5.74, 6) is 0. The van der Waals surface area contributed by atoms with Crippen molar-refractivity contribution in [2.45, 2.75) is 13.0 Å². The SMILES string of the molecule is OCCn1cc(-c2ccc3c(c2)CCN3)c(-c2ccncc2)n1. The number of aliphatic hydroxyl groups is 1. The minimum atomic E-state index is 0.0744. The minimum Gasteiger partial charge on any atom is -0.394 e. The quantitative estimate of drug-likeness (QED) is 0.777. The zero-order valence-corrected chi connectivity index (χ0v) is 12.7. The van der Waals surface area contributed by atoms with Crippen LogP contribution in [0.15, 0.2) is 48.9 Å². The fourth-order valence-corrected chi connectivity index (χ4v) is 3.05. The van der Waals surface area contributed by atoms with Gasteiger partial charge in [-0.1, -0.05) is 6.07 Å². The van der Waals surface area contributed by atoms with Gasteiger partial charge in [0.25, 0.3) is 0 Å². The number of aliphatic hydroxyl groups excluding tert-OH is 1. The van der Waals surface area contributed by atoms with Gasteiger partial charge in [-0.05, 0) is 41.8 Å². The van der Waals surface area contributed by atoms with Crippen molar-refractivity contribution in [1.29, 1.82) is 0 Å². The highest BCUT2D eigenvalue weighted by Crippen LogP contribution is 2.34. The van der Waals surface area contributed by atoms with Gasteiger partial charge < -0.3 is 10.4 Å². The second-order valence-electron chi connectivity index (χ2n) is 5.66. The van der Waals surface area contributed by atoms with Crippen molar-refractivity contribution in [2.75, 3.05) is 18.5 Å². The molecule has 2 aromatic heterocycles. The normalized spacial score (nSPS) is 12.9. The fraction of sp³-hybridized carbons (Fsp3) is 0.222. The molecule has 0 bridgehead atoms. The van der Waals surface area contributed by atoms with E-state index in [1.54, 1.807) is 17.1 Å². The van der Waals surface area contributed by atoms with E-state index < -0.39 is 0 Å². The third-order valence-electron chi connectivity index (χ3n) is 4.17. The number of aromatic nitrogens is 3. The molecule has 0 saturated heterocycles. The molecule has 3 aromatic rings. The lowest BCUT2D eigenvalue weighted by Gasteiger charge is -2.05. The Morgan fingerprint density at radius 1 is 1.13 bits per heavy atom. The molecule has 1 aliphatic heterocycles. The molecule has 5 nitrogen and oxygen atoms in total. The number of benzene rings is 1. The van der Waals surface area contributed by atoms with Gasteiger partial charge >= 0.3 is 0 Å². The van der Waals surface area contributed by atoms with Crippen molar-refractivity contribution in [1.82, 2.24) is 14.8 Å². The van der Waals surface area contributed by atoms with Crippen LogP contribution in [0.5, 0.6) is 0 Å². The molecule has 0 fully saturated rings. The molecular formula is C18H18N4O. The highest BCUT2D eigenvalue weighted by molar-refractivity contribution is 5.81. The van der Waals surface area contributed by atoms with E-state index in [9.17, 15) is 5.11 Å². The number of pyridine rings is 1. The van der Waals surface area contributed by atoms with Gasteiger partial charge in [0.15, 0.2) is 0 Å². The molecule has 4 rings (SSSR count). The standard InChI is InChI=1S/C18H18N4O/c23-10-9-22-12-16(18(21-22)13-3-6-19-7-4-13)14-1-2-17-15(11-14)5-8-20-17/h1-4,6-7,11-12,20,23H,5,8-10H2. The van der Waals surface area contributed by atoms with Crippen LogP contribution in [0.1, 0.15) is 5.56 Å². The van der Waals surface area contributed by atoms with Crippen LogP contribution >= 0.6 is 0 Å².